The van der Waals surface area contributed by atoms with Crippen molar-refractivity contribution >= 4 is 11.6 Å². The number of carbonyl (C=O) groups is 1. The van der Waals surface area contributed by atoms with Crippen LogP contribution in [0, 0.1) is 18.8 Å². The van der Waals surface area contributed by atoms with Gasteiger partial charge in [-0.15, -0.1) is 0 Å². The molecule has 0 fully saturated rings. The third-order valence-corrected chi connectivity index (χ3v) is 2.72. The summed E-state index contributed by atoms with van der Waals surface area (Å²) in [5, 5.41) is 11.5. The number of aliphatic hydroxyl groups excluding tert-OH is 1. The van der Waals surface area contributed by atoms with Crippen LogP contribution in [0.1, 0.15) is 21.6 Å². The number of nitrogens with one attached hydrogen (secondary N) is 1. The lowest BCUT2D eigenvalue weighted by atomic mass is 10.1. The Morgan fingerprint density at radius 3 is 2.90 bits per heavy atom. The molecule has 5 nitrogen and oxygen atoms in total. The molecule has 102 valence electrons. The minimum absolute atomic E-state index is 0.169. The number of imidazole rings is 1. The van der Waals surface area contributed by atoms with Crippen molar-refractivity contribution in [1.29, 1.82) is 0 Å². The summed E-state index contributed by atoms with van der Waals surface area (Å²) in [5.41, 5.74) is 2.82. The van der Waals surface area contributed by atoms with Crippen molar-refractivity contribution in [1.82, 2.24) is 9.55 Å². The van der Waals surface area contributed by atoms with E-state index in [0.29, 0.717) is 11.4 Å². The first-order chi connectivity index (χ1) is 9.60. The molecule has 1 heterocycles. The van der Waals surface area contributed by atoms with E-state index in [9.17, 15) is 4.79 Å². The van der Waals surface area contributed by atoms with Gasteiger partial charge in [-0.05, 0) is 30.7 Å². The van der Waals surface area contributed by atoms with Gasteiger partial charge in [-0.25, -0.2) is 4.98 Å². The van der Waals surface area contributed by atoms with Gasteiger partial charge in [0, 0.05) is 24.5 Å². The number of benzene rings is 1. The van der Waals surface area contributed by atoms with Crippen molar-refractivity contribution in [3.63, 3.8) is 0 Å². The fourth-order valence-corrected chi connectivity index (χ4v) is 1.74. The number of anilines is 1. The van der Waals surface area contributed by atoms with Crippen molar-refractivity contribution in [2.45, 2.75) is 6.92 Å². The van der Waals surface area contributed by atoms with Crippen LogP contribution in [0.15, 0.2) is 30.7 Å². The molecule has 1 aromatic carbocycles. The smallest absolute Gasteiger partial charge is 0.275 e. The van der Waals surface area contributed by atoms with Crippen molar-refractivity contribution in [3.05, 3.63) is 47.5 Å². The highest BCUT2D eigenvalue weighted by Crippen LogP contribution is 2.15. The highest BCUT2D eigenvalue weighted by Gasteiger charge is 2.09. The van der Waals surface area contributed by atoms with Gasteiger partial charge in [0.25, 0.3) is 5.91 Å². The SMILES string of the molecule is Cc1cc(NC(=O)c2cn(C)cn2)ccc1C#CCO. The highest BCUT2D eigenvalue weighted by atomic mass is 16.2. The average molecular weight is 269 g/mol. The molecule has 0 atom stereocenters. The van der Waals surface area contributed by atoms with Gasteiger partial charge >= 0.3 is 0 Å². The second kappa shape index (κ2) is 6.04. The second-order valence-corrected chi connectivity index (χ2v) is 4.37. The molecule has 0 aliphatic carbocycles. The van der Waals surface area contributed by atoms with Crippen LogP contribution < -0.4 is 5.32 Å². The van der Waals surface area contributed by atoms with E-state index >= 15 is 0 Å². The molecule has 0 saturated heterocycles. The molecule has 1 aromatic heterocycles. The summed E-state index contributed by atoms with van der Waals surface area (Å²) in [6.07, 6.45) is 3.23. The third kappa shape index (κ3) is 3.25. The number of aromatic nitrogens is 2. The maximum absolute atomic E-state index is 11.9. The van der Waals surface area contributed by atoms with Gasteiger partial charge in [0.15, 0.2) is 0 Å². The maximum Gasteiger partial charge on any atom is 0.275 e. The van der Waals surface area contributed by atoms with Gasteiger partial charge in [-0.3, -0.25) is 4.79 Å². The second-order valence-electron chi connectivity index (χ2n) is 4.37. The Morgan fingerprint density at radius 1 is 1.50 bits per heavy atom. The Bertz CT molecular complexity index is 693. The van der Waals surface area contributed by atoms with Gasteiger partial charge in [0.2, 0.25) is 0 Å². The molecule has 0 saturated carbocycles. The lowest BCUT2D eigenvalue weighted by molar-refractivity contribution is 0.102. The average Bonchev–Trinajstić information content (AvgIpc) is 2.85. The van der Waals surface area contributed by atoms with Crippen LogP contribution in [-0.2, 0) is 7.05 Å². The number of nitrogens with zero attached hydrogens (tertiary/aromatic N) is 2. The van der Waals surface area contributed by atoms with E-state index in [-0.39, 0.29) is 12.5 Å². The lowest BCUT2D eigenvalue weighted by Crippen LogP contribution is -2.12. The molecule has 0 bridgehead atoms. The summed E-state index contributed by atoms with van der Waals surface area (Å²) in [6.45, 7) is 1.73. The zero-order chi connectivity index (χ0) is 14.5. The first-order valence-corrected chi connectivity index (χ1v) is 6.10. The molecule has 20 heavy (non-hydrogen) atoms. The maximum atomic E-state index is 11.9. The summed E-state index contributed by atoms with van der Waals surface area (Å²) >= 11 is 0. The molecular weight excluding hydrogens is 254 g/mol. The Kier molecular flexibility index (Phi) is 4.18. The largest absolute Gasteiger partial charge is 0.384 e. The van der Waals surface area contributed by atoms with Crippen molar-refractivity contribution in [2.24, 2.45) is 7.05 Å². The molecule has 0 aliphatic rings. The fraction of sp³-hybridized carbons (Fsp3) is 0.200. The molecule has 0 unspecified atom stereocenters. The van der Waals surface area contributed by atoms with E-state index < -0.39 is 0 Å². The standard InChI is InChI=1S/C15H15N3O2/c1-11-8-13(6-5-12(11)4-3-7-19)17-15(20)14-9-18(2)10-16-14/h5-6,8-10,19H,7H2,1-2H3,(H,17,20). The predicted octanol–water partition coefficient (Wildman–Crippen LogP) is 1.32. The summed E-state index contributed by atoms with van der Waals surface area (Å²) < 4.78 is 1.72. The quantitative estimate of drug-likeness (QED) is 0.808. The number of hydrogen-bond acceptors (Lipinski definition) is 3. The molecule has 2 rings (SSSR count). The minimum atomic E-state index is -0.251. The van der Waals surface area contributed by atoms with Crippen molar-refractivity contribution < 1.29 is 9.90 Å². The topological polar surface area (TPSA) is 67.2 Å². The van der Waals surface area contributed by atoms with E-state index in [4.69, 9.17) is 5.11 Å². The van der Waals surface area contributed by atoms with E-state index in [1.54, 1.807) is 23.2 Å². The molecule has 2 aromatic rings. The van der Waals surface area contributed by atoms with Gasteiger partial charge < -0.3 is 15.0 Å². The van der Waals surface area contributed by atoms with E-state index in [1.807, 2.05) is 26.1 Å². The zero-order valence-electron chi connectivity index (χ0n) is 11.3. The minimum Gasteiger partial charge on any atom is -0.384 e. The number of carbonyl (C=O) groups excluding carboxylic acids is 1. The molecular formula is C15H15N3O2. The van der Waals surface area contributed by atoms with Crippen LogP contribution in [0.4, 0.5) is 5.69 Å². The van der Waals surface area contributed by atoms with E-state index in [0.717, 1.165) is 11.1 Å². The molecule has 0 spiro atoms. The number of hydrogen-bond donors (Lipinski definition) is 2. The van der Waals surface area contributed by atoms with Gasteiger partial charge in [-0.2, -0.15) is 0 Å². The molecule has 2 N–H and O–H groups in total. The number of aryl methyl sites for hydroxylation is 2. The molecule has 0 radical (unpaired) electrons. The summed E-state index contributed by atoms with van der Waals surface area (Å²) in [7, 11) is 1.81. The molecule has 5 heteroatoms. The molecule has 0 aliphatic heterocycles. The van der Waals surface area contributed by atoms with Crippen molar-refractivity contribution in [3.8, 4) is 11.8 Å². The Morgan fingerprint density at radius 2 is 2.30 bits per heavy atom. The van der Waals surface area contributed by atoms with Crippen LogP contribution in [0.5, 0.6) is 0 Å². The third-order valence-electron chi connectivity index (χ3n) is 2.72. The first kappa shape index (κ1) is 13.8. The summed E-state index contributed by atoms with van der Waals surface area (Å²) in [6, 6.07) is 5.42. The van der Waals surface area contributed by atoms with E-state index in [2.05, 4.69) is 22.1 Å². The lowest BCUT2D eigenvalue weighted by Gasteiger charge is -2.05. The summed E-state index contributed by atoms with van der Waals surface area (Å²) in [4.78, 5) is 15.9. The Balaban J connectivity index is 2.14. The van der Waals surface area contributed by atoms with Crippen LogP contribution in [0.25, 0.3) is 0 Å². The fourth-order valence-electron chi connectivity index (χ4n) is 1.74. The number of rotatable bonds is 2. The Hall–Kier alpha value is -2.58. The Labute approximate surface area is 117 Å². The monoisotopic (exact) mass is 269 g/mol. The predicted molar refractivity (Wildman–Crippen MR) is 76.3 cm³/mol. The van der Waals surface area contributed by atoms with Crippen LogP contribution in [0.3, 0.4) is 0 Å². The van der Waals surface area contributed by atoms with Crippen molar-refractivity contribution in [2.75, 3.05) is 11.9 Å². The van der Waals surface area contributed by atoms with Crippen LogP contribution in [-0.4, -0.2) is 27.2 Å². The van der Waals surface area contributed by atoms with Gasteiger partial charge in [-0.1, -0.05) is 11.8 Å². The normalized spacial score (nSPS) is 9.75. The zero-order valence-corrected chi connectivity index (χ0v) is 11.3. The van der Waals surface area contributed by atoms with E-state index in [1.165, 1.54) is 0 Å². The number of aliphatic hydroxyl groups is 1. The highest BCUT2D eigenvalue weighted by molar-refractivity contribution is 6.02. The van der Waals surface area contributed by atoms with Crippen LogP contribution >= 0.6 is 0 Å². The van der Waals surface area contributed by atoms with Gasteiger partial charge in [0.05, 0.1) is 6.33 Å². The number of amides is 1. The van der Waals surface area contributed by atoms with Gasteiger partial charge in [0.1, 0.15) is 12.3 Å². The molecule has 1 amide bonds. The first-order valence-electron chi connectivity index (χ1n) is 6.10. The summed E-state index contributed by atoms with van der Waals surface area (Å²) in [5.74, 6) is 5.20. The van der Waals surface area contributed by atoms with Crippen LogP contribution in [0.2, 0.25) is 0 Å².